The minimum atomic E-state index is 0. The SMILES string of the molecule is [Cl-].[Mn+2].c1cc2nc(c1)CNC1CCCCC1NCCNC1CCCCC1NC2. The van der Waals surface area contributed by atoms with Crippen LogP contribution in [0.2, 0.25) is 0 Å². The van der Waals surface area contributed by atoms with Crippen LogP contribution in [0.5, 0.6) is 0 Å². The zero-order valence-electron chi connectivity index (χ0n) is 16.7. The Hall–Kier alpha value is -0.201. The average Bonchev–Trinajstić information content (AvgIpc) is 2.69. The summed E-state index contributed by atoms with van der Waals surface area (Å²) in [6.07, 6.45) is 10.5. The van der Waals surface area contributed by atoms with Gasteiger partial charge in [0.2, 0.25) is 0 Å². The van der Waals surface area contributed by atoms with Crippen LogP contribution in [0.3, 0.4) is 0 Å². The van der Waals surface area contributed by atoms with E-state index in [0.29, 0.717) is 24.2 Å². The molecular formula is C21H35ClMnN5+. The van der Waals surface area contributed by atoms with Crippen LogP contribution >= 0.6 is 0 Å². The monoisotopic (exact) mass is 447 g/mol. The summed E-state index contributed by atoms with van der Waals surface area (Å²) in [5.41, 5.74) is 2.34. The van der Waals surface area contributed by atoms with E-state index in [1.807, 2.05) is 0 Å². The predicted molar refractivity (Wildman–Crippen MR) is 106 cm³/mol. The second-order valence-corrected chi connectivity index (χ2v) is 8.29. The molecule has 2 bridgehead atoms. The van der Waals surface area contributed by atoms with Crippen LogP contribution in [-0.4, -0.2) is 42.2 Å². The van der Waals surface area contributed by atoms with Gasteiger partial charge in [-0.1, -0.05) is 31.7 Å². The van der Waals surface area contributed by atoms with Crippen molar-refractivity contribution in [1.82, 2.24) is 26.3 Å². The number of rotatable bonds is 0. The summed E-state index contributed by atoms with van der Waals surface area (Å²) in [4.78, 5) is 4.89. The van der Waals surface area contributed by atoms with Gasteiger partial charge in [0.25, 0.3) is 0 Å². The molecule has 2 heterocycles. The topological polar surface area (TPSA) is 61.0 Å². The zero-order valence-corrected chi connectivity index (χ0v) is 18.7. The van der Waals surface area contributed by atoms with Crippen LogP contribution in [0.4, 0.5) is 0 Å². The molecule has 4 N–H and O–H groups in total. The van der Waals surface area contributed by atoms with Gasteiger partial charge in [-0.05, 0) is 37.8 Å². The van der Waals surface area contributed by atoms with Gasteiger partial charge < -0.3 is 33.7 Å². The van der Waals surface area contributed by atoms with Crippen molar-refractivity contribution in [3.8, 4) is 0 Å². The van der Waals surface area contributed by atoms with Crippen LogP contribution in [0.25, 0.3) is 0 Å². The van der Waals surface area contributed by atoms with Crippen molar-refractivity contribution in [2.45, 2.75) is 88.6 Å². The molecule has 1 aliphatic heterocycles. The Morgan fingerprint density at radius 3 is 1.46 bits per heavy atom. The molecule has 4 rings (SSSR count). The maximum atomic E-state index is 4.89. The molecule has 2 aliphatic carbocycles. The minimum Gasteiger partial charge on any atom is -1.00 e. The minimum absolute atomic E-state index is 0. The van der Waals surface area contributed by atoms with Crippen molar-refractivity contribution < 1.29 is 29.5 Å². The molecule has 5 nitrogen and oxygen atoms in total. The zero-order chi connectivity index (χ0) is 17.6. The van der Waals surface area contributed by atoms with Gasteiger partial charge in [-0.25, -0.2) is 0 Å². The molecule has 0 saturated heterocycles. The fraction of sp³-hybridized carbons (Fsp3) is 0.762. The maximum Gasteiger partial charge on any atom is 2.00 e. The Balaban J connectivity index is 0.00000140. The Bertz CT molecular complexity index is 530. The molecular weight excluding hydrogens is 413 g/mol. The Morgan fingerprint density at radius 2 is 1.04 bits per heavy atom. The number of nitrogens with zero attached hydrogens (tertiary/aromatic N) is 1. The predicted octanol–water partition coefficient (Wildman–Crippen LogP) is -0.922. The first-order valence-corrected chi connectivity index (χ1v) is 10.8. The molecule has 1 radical (unpaired) electrons. The van der Waals surface area contributed by atoms with Gasteiger partial charge in [-0.2, -0.15) is 0 Å². The average molecular weight is 448 g/mol. The van der Waals surface area contributed by atoms with Gasteiger partial charge in [-0.15, -0.1) is 0 Å². The largest absolute Gasteiger partial charge is 2.00 e. The summed E-state index contributed by atoms with van der Waals surface area (Å²) in [7, 11) is 0. The molecule has 1 aromatic rings. The van der Waals surface area contributed by atoms with E-state index in [0.717, 1.165) is 26.2 Å². The number of nitrogens with one attached hydrogen (secondary N) is 4. The maximum absolute atomic E-state index is 4.89. The number of halogens is 1. The molecule has 28 heavy (non-hydrogen) atoms. The standard InChI is InChI=1S/C21H35N5.ClH.Mn/c1-3-10-20-18(8-1)22-12-13-23-19-9-2-4-11-21(19)25-15-17-7-5-6-16(26-17)14-24-20;;/h5-7,18-25H,1-4,8-15H2;1H;/q;;+2/p-1. The fourth-order valence-corrected chi connectivity index (χ4v) is 4.95. The van der Waals surface area contributed by atoms with E-state index in [1.165, 1.54) is 62.8 Å². The van der Waals surface area contributed by atoms with Gasteiger partial charge in [-0.3, -0.25) is 4.98 Å². The van der Waals surface area contributed by atoms with Crippen molar-refractivity contribution in [3.05, 3.63) is 29.6 Å². The Morgan fingerprint density at radius 1 is 0.643 bits per heavy atom. The second kappa shape index (κ2) is 12.5. The first-order valence-electron chi connectivity index (χ1n) is 10.8. The first-order chi connectivity index (χ1) is 12.9. The van der Waals surface area contributed by atoms with Gasteiger partial charge in [0.1, 0.15) is 0 Å². The van der Waals surface area contributed by atoms with Crippen LogP contribution < -0.4 is 33.7 Å². The van der Waals surface area contributed by atoms with E-state index in [9.17, 15) is 0 Å². The fourth-order valence-electron chi connectivity index (χ4n) is 4.95. The number of aromatic nitrogens is 1. The van der Waals surface area contributed by atoms with E-state index in [-0.39, 0.29) is 29.5 Å². The summed E-state index contributed by atoms with van der Waals surface area (Å²) in [5, 5.41) is 15.2. The van der Waals surface area contributed by atoms with Gasteiger partial charge >= 0.3 is 17.1 Å². The summed E-state index contributed by atoms with van der Waals surface area (Å²) in [5.74, 6) is 0. The molecule has 1 aromatic heterocycles. The molecule has 0 aromatic carbocycles. The third kappa shape index (κ3) is 6.66. The normalized spacial score (nSPS) is 31.6. The number of hydrogen-bond donors (Lipinski definition) is 4. The molecule has 2 saturated carbocycles. The third-order valence-corrected chi connectivity index (χ3v) is 6.43. The van der Waals surface area contributed by atoms with Crippen LogP contribution in [-0.2, 0) is 30.2 Å². The summed E-state index contributed by atoms with van der Waals surface area (Å²) < 4.78 is 0. The van der Waals surface area contributed by atoms with E-state index in [4.69, 9.17) is 4.98 Å². The molecule has 7 heteroatoms. The second-order valence-electron chi connectivity index (χ2n) is 8.29. The van der Waals surface area contributed by atoms with Crippen molar-refractivity contribution >= 4 is 0 Å². The Labute approximate surface area is 186 Å². The van der Waals surface area contributed by atoms with Crippen LogP contribution in [0.1, 0.15) is 62.8 Å². The molecule has 3 aliphatic rings. The molecule has 157 valence electrons. The van der Waals surface area contributed by atoms with Gasteiger partial charge in [0, 0.05) is 50.3 Å². The van der Waals surface area contributed by atoms with Crippen LogP contribution in [0.15, 0.2) is 18.2 Å². The molecule has 4 atom stereocenters. The van der Waals surface area contributed by atoms with E-state index >= 15 is 0 Å². The summed E-state index contributed by atoms with van der Waals surface area (Å²) in [6.45, 7) is 3.89. The molecule has 0 amide bonds. The van der Waals surface area contributed by atoms with Crippen molar-refractivity contribution in [2.24, 2.45) is 0 Å². The van der Waals surface area contributed by atoms with Crippen molar-refractivity contribution in [1.29, 1.82) is 0 Å². The number of pyridine rings is 1. The summed E-state index contributed by atoms with van der Waals surface area (Å²) in [6, 6.07) is 8.81. The van der Waals surface area contributed by atoms with Gasteiger partial charge in [0.15, 0.2) is 0 Å². The first kappa shape index (κ1) is 24.1. The molecule has 4 unspecified atom stereocenters. The summed E-state index contributed by atoms with van der Waals surface area (Å²) >= 11 is 0. The van der Waals surface area contributed by atoms with Gasteiger partial charge in [0.05, 0.1) is 11.4 Å². The van der Waals surface area contributed by atoms with E-state index in [1.54, 1.807) is 0 Å². The van der Waals surface area contributed by atoms with E-state index in [2.05, 4.69) is 39.5 Å². The van der Waals surface area contributed by atoms with Crippen molar-refractivity contribution in [2.75, 3.05) is 13.1 Å². The molecule has 2 fully saturated rings. The number of fused-ring (bicyclic) bond motifs is 4. The quantitative estimate of drug-likeness (QED) is 0.387. The van der Waals surface area contributed by atoms with E-state index < -0.39 is 0 Å². The molecule has 0 spiro atoms. The smallest absolute Gasteiger partial charge is 1.00 e. The van der Waals surface area contributed by atoms with Crippen molar-refractivity contribution in [3.63, 3.8) is 0 Å². The van der Waals surface area contributed by atoms with Crippen LogP contribution in [0, 0.1) is 0 Å². The third-order valence-electron chi connectivity index (χ3n) is 6.43. The number of hydrogen-bond acceptors (Lipinski definition) is 5. The Kier molecular flexibility index (Phi) is 10.7.